The highest BCUT2D eigenvalue weighted by Gasteiger charge is 2.10. The molecule has 1 N–H and O–H groups in total. The van der Waals surface area contributed by atoms with Gasteiger partial charge in [-0.2, -0.15) is 0 Å². The van der Waals surface area contributed by atoms with Crippen LogP contribution in [-0.4, -0.2) is 22.5 Å². The maximum atomic E-state index is 12.0. The first kappa shape index (κ1) is 13.5. The minimum absolute atomic E-state index is 0.259. The van der Waals surface area contributed by atoms with Gasteiger partial charge in [0.2, 0.25) is 5.88 Å². The lowest BCUT2D eigenvalue weighted by atomic mass is 10.3. The average molecular weight is 322 g/mol. The van der Waals surface area contributed by atoms with E-state index in [4.69, 9.17) is 4.74 Å². The summed E-state index contributed by atoms with van der Waals surface area (Å²) in [6.07, 6.45) is 1.31. The van der Waals surface area contributed by atoms with Crippen LogP contribution in [0.2, 0.25) is 0 Å². The summed E-state index contributed by atoms with van der Waals surface area (Å²) in [4.78, 5) is 19.9. The third-order valence-electron chi connectivity index (χ3n) is 2.29. The van der Waals surface area contributed by atoms with Crippen LogP contribution in [0.25, 0.3) is 0 Å². The molecule has 0 bridgehead atoms. The van der Waals surface area contributed by atoms with Crippen molar-refractivity contribution in [1.82, 2.24) is 9.97 Å². The Bertz CT molecular complexity index is 590. The number of rotatable bonds is 4. The second-order valence-electron chi connectivity index (χ2n) is 3.61. The fraction of sp³-hybridized carbons (Fsp3) is 0.154. The van der Waals surface area contributed by atoms with Crippen molar-refractivity contribution in [3.05, 3.63) is 46.8 Å². The van der Waals surface area contributed by atoms with E-state index in [2.05, 4.69) is 31.2 Å². The molecule has 2 aromatic rings. The monoisotopic (exact) mass is 321 g/mol. The van der Waals surface area contributed by atoms with Crippen molar-refractivity contribution in [3.63, 3.8) is 0 Å². The molecule has 0 aliphatic carbocycles. The van der Waals surface area contributed by atoms with E-state index in [1.165, 1.54) is 12.4 Å². The van der Waals surface area contributed by atoms with Gasteiger partial charge in [0, 0.05) is 10.5 Å². The van der Waals surface area contributed by atoms with Gasteiger partial charge in [0.25, 0.3) is 5.91 Å². The van der Waals surface area contributed by atoms with E-state index in [1.807, 2.05) is 25.1 Å². The summed E-state index contributed by atoms with van der Waals surface area (Å²) in [7, 11) is 0. The lowest BCUT2D eigenvalue weighted by molar-refractivity contribution is 0.102. The number of nitrogens with one attached hydrogen (secondary N) is 1. The Labute approximate surface area is 119 Å². The molecular weight excluding hydrogens is 310 g/mol. The van der Waals surface area contributed by atoms with Crippen LogP contribution in [0.15, 0.2) is 41.1 Å². The van der Waals surface area contributed by atoms with Crippen molar-refractivity contribution in [2.45, 2.75) is 6.92 Å². The summed E-state index contributed by atoms with van der Waals surface area (Å²) in [5.41, 5.74) is 0.943. The Balaban J connectivity index is 2.16. The van der Waals surface area contributed by atoms with Gasteiger partial charge in [-0.15, -0.1) is 0 Å². The highest BCUT2D eigenvalue weighted by Crippen LogP contribution is 2.21. The van der Waals surface area contributed by atoms with Crippen molar-refractivity contribution in [1.29, 1.82) is 0 Å². The topological polar surface area (TPSA) is 64.1 Å². The number of hydrogen-bond acceptors (Lipinski definition) is 4. The van der Waals surface area contributed by atoms with Crippen LogP contribution in [0.3, 0.4) is 0 Å². The molecule has 0 saturated carbocycles. The molecule has 0 fully saturated rings. The first-order valence-electron chi connectivity index (χ1n) is 5.71. The fourth-order valence-electron chi connectivity index (χ4n) is 1.44. The molecule has 5 nitrogen and oxygen atoms in total. The van der Waals surface area contributed by atoms with Crippen LogP contribution in [0.5, 0.6) is 5.88 Å². The number of hydrogen-bond donors (Lipinski definition) is 1. The van der Waals surface area contributed by atoms with Crippen molar-refractivity contribution in [2.24, 2.45) is 0 Å². The molecule has 1 amide bonds. The van der Waals surface area contributed by atoms with Gasteiger partial charge in [-0.05, 0) is 35.0 Å². The minimum Gasteiger partial charge on any atom is -0.478 e. The van der Waals surface area contributed by atoms with Gasteiger partial charge >= 0.3 is 0 Å². The number of amides is 1. The maximum absolute atomic E-state index is 12.0. The van der Waals surface area contributed by atoms with E-state index in [1.54, 1.807) is 6.07 Å². The molecule has 0 atom stereocenters. The predicted octanol–water partition coefficient (Wildman–Crippen LogP) is 2.89. The molecule has 0 aliphatic heterocycles. The first-order valence-corrected chi connectivity index (χ1v) is 6.50. The highest BCUT2D eigenvalue weighted by atomic mass is 79.9. The maximum Gasteiger partial charge on any atom is 0.274 e. The number of anilines is 1. The minimum atomic E-state index is -0.310. The van der Waals surface area contributed by atoms with Crippen molar-refractivity contribution in [3.8, 4) is 5.88 Å². The Kier molecular flexibility index (Phi) is 4.46. The first-order chi connectivity index (χ1) is 9.20. The van der Waals surface area contributed by atoms with Crippen molar-refractivity contribution < 1.29 is 9.53 Å². The summed E-state index contributed by atoms with van der Waals surface area (Å²) >= 11 is 3.36. The van der Waals surface area contributed by atoms with Crippen LogP contribution >= 0.6 is 15.9 Å². The van der Waals surface area contributed by atoms with E-state index < -0.39 is 0 Å². The number of aromatic nitrogens is 2. The average Bonchev–Trinajstić information content (AvgIpc) is 2.42. The van der Waals surface area contributed by atoms with Gasteiger partial charge in [-0.1, -0.05) is 12.1 Å². The van der Waals surface area contributed by atoms with Crippen molar-refractivity contribution in [2.75, 3.05) is 11.9 Å². The number of para-hydroxylation sites is 1. The normalized spacial score (nSPS) is 10.0. The van der Waals surface area contributed by atoms with Crippen LogP contribution in [-0.2, 0) is 0 Å². The zero-order valence-electron chi connectivity index (χ0n) is 10.3. The van der Waals surface area contributed by atoms with Gasteiger partial charge in [-0.25, -0.2) is 9.97 Å². The lowest BCUT2D eigenvalue weighted by Crippen LogP contribution is -2.14. The zero-order chi connectivity index (χ0) is 13.7. The van der Waals surface area contributed by atoms with Gasteiger partial charge in [0.15, 0.2) is 0 Å². The number of halogens is 1. The molecular formula is C13H12BrN3O2. The molecule has 19 heavy (non-hydrogen) atoms. The Morgan fingerprint density at radius 3 is 2.89 bits per heavy atom. The van der Waals surface area contributed by atoms with E-state index >= 15 is 0 Å². The number of ether oxygens (including phenoxy) is 1. The van der Waals surface area contributed by atoms with E-state index in [9.17, 15) is 4.79 Å². The van der Waals surface area contributed by atoms with Gasteiger partial charge < -0.3 is 10.1 Å². The molecule has 6 heteroatoms. The number of benzene rings is 1. The lowest BCUT2D eigenvalue weighted by Gasteiger charge is -2.07. The van der Waals surface area contributed by atoms with Crippen LogP contribution in [0.1, 0.15) is 17.4 Å². The molecule has 98 valence electrons. The second-order valence-corrected chi connectivity index (χ2v) is 4.46. The molecule has 1 heterocycles. The summed E-state index contributed by atoms with van der Waals surface area (Å²) < 4.78 is 6.04. The van der Waals surface area contributed by atoms with Crippen molar-refractivity contribution >= 4 is 27.5 Å². The number of carbonyl (C=O) groups is 1. The third-order valence-corrected chi connectivity index (χ3v) is 2.98. The summed E-state index contributed by atoms with van der Waals surface area (Å²) in [6, 6.07) is 8.87. The molecule has 0 aliphatic rings. The predicted molar refractivity (Wildman–Crippen MR) is 75.3 cm³/mol. The fourth-order valence-corrected chi connectivity index (χ4v) is 1.82. The van der Waals surface area contributed by atoms with Gasteiger partial charge in [-0.3, -0.25) is 4.79 Å². The summed E-state index contributed by atoms with van der Waals surface area (Å²) in [5, 5.41) is 2.76. The SMILES string of the molecule is CCOc1cc(C(=O)Nc2ccccc2Br)ncn1. The zero-order valence-corrected chi connectivity index (χ0v) is 11.8. The third kappa shape index (κ3) is 3.51. The smallest absolute Gasteiger partial charge is 0.274 e. The number of carbonyl (C=O) groups excluding carboxylic acids is 1. The van der Waals surface area contributed by atoms with Crippen LogP contribution in [0, 0.1) is 0 Å². The molecule has 1 aromatic carbocycles. The Morgan fingerprint density at radius 2 is 2.16 bits per heavy atom. The Morgan fingerprint density at radius 1 is 1.37 bits per heavy atom. The molecule has 0 spiro atoms. The van der Waals surface area contributed by atoms with E-state index in [0.717, 1.165) is 4.47 Å². The molecule has 0 saturated heterocycles. The molecule has 0 radical (unpaired) electrons. The molecule has 1 aromatic heterocycles. The Hall–Kier alpha value is -1.95. The van der Waals surface area contributed by atoms with Gasteiger partial charge in [0.1, 0.15) is 12.0 Å². The summed E-state index contributed by atoms with van der Waals surface area (Å²) in [5.74, 6) is 0.0741. The second kappa shape index (κ2) is 6.29. The van der Waals surface area contributed by atoms with Gasteiger partial charge in [0.05, 0.1) is 12.3 Å². The highest BCUT2D eigenvalue weighted by molar-refractivity contribution is 9.10. The molecule has 2 rings (SSSR count). The van der Waals surface area contributed by atoms with E-state index in [0.29, 0.717) is 18.2 Å². The van der Waals surface area contributed by atoms with Crippen LogP contribution in [0.4, 0.5) is 5.69 Å². The standard InChI is InChI=1S/C13H12BrN3O2/c1-2-19-12-7-11(15-8-16-12)13(18)17-10-6-4-3-5-9(10)14/h3-8H,2H2,1H3,(H,17,18). The molecule has 0 unspecified atom stereocenters. The largest absolute Gasteiger partial charge is 0.478 e. The summed E-state index contributed by atoms with van der Waals surface area (Å²) in [6.45, 7) is 2.34. The van der Waals surface area contributed by atoms with E-state index in [-0.39, 0.29) is 11.6 Å². The quantitative estimate of drug-likeness (QED) is 0.940. The number of nitrogens with zero attached hydrogens (tertiary/aromatic N) is 2. The van der Waals surface area contributed by atoms with Crippen LogP contribution < -0.4 is 10.1 Å².